The number of nitrogens with zero attached hydrogens (tertiary/aromatic N) is 2. The molecule has 0 aromatic heterocycles. The number of fused-ring (bicyclic) bond motifs is 1. The lowest BCUT2D eigenvalue weighted by Gasteiger charge is -2.41. The van der Waals surface area contributed by atoms with E-state index >= 15 is 0 Å². The molecule has 1 aliphatic heterocycles. The van der Waals surface area contributed by atoms with Crippen molar-refractivity contribution in [2.75, 3.05) is 26.7 Å². The molecule has 3 rings (SSSR count). The van der Waals surface area contributed by atoms with Crippen LogP contribution in [0.3, 0.4) is 0 Å². The maximum Gasteiger partial charge on any atom is 0.317 e. The zero-order chi connectivity index (χ0) is 19.1. The van der Waals surface area contributed by atoms with E-state index in [4.69, 9.17) is 0 Å². The summed E-state index contributed by atoms with van der Waals surface area (Å²) in [7, 11) is 1.84. The molecule has 1 N–H and O–H groups in total. The highest BCUT2D eigenvalue weighted by Crippen LogP contribution is 2.35. The zero-order valence-electron chi connectivity index (χ0n) is 16.5. The van der Waals surface area contributed by atoms with Gasteiger partial charge in [0.25, 0.3) is 0 Å². The van der Waals surface area contributed by atoms with Gasteiger partial charge in [-0.3, -0.25) is 4.79 Å². The Kier molecular flexibility index (Phi) is 7.13. The van der Waals surface area contributed by atoms with Gasteiger partial charge >= 0.3 is 6.03 Å². The van der Waals surface area contributed by atoms with Gasteiger partial charge in [-0.2, -0.15) is 0 Å². The van der Waals surface area contributed by atoms with Crippen molar-refractivity contribution in [1.82, 2.24) is 15.1 Å². The van der Waals surface area contributed by atoms with Gasteiger partial charge in [0.1, 0.15) is 0 Å². The van der Waals surface area contributed by atoms with Gasteiger partial charge in [0.15, 0.2) is 0 Å². The fourth-order valence-electron chi connectivity index (χ4n) is 4.47. The van der Waals surface area contributed by atoms with Gasteiger partial charge in [0.05, 0.1) is 0 Å². The number of benzene rings is 1. The molecule has 27 heavy (non-hydrogen) atoms. The second kappa shape index (κ2) is 9.77. The number of amides is 3. The molecule has 1 aromatic carbocycles. The summed E-state index contributed by atoms with van der Waals surface area (Å²) >= 11 is 0. The Hall–Kier alpha value is -2.04. The second-order valence-electron chi connectivity index (χ2n) is 8.11. The van der Waals surface area contributed by atoms with Crippen molar-refractivity contribution >= 4 is 11.9 Å². The molecular weight excluding hydrogens is 338 g/mol. The Morgan fingerprint density at radius 3 is 2.63 bits per heavy atom. The van der Waals surface area contributed by atoms with Gasteiger partial charge in [-0.05, 0) is 36.7 Å². The van der Waals surface area contributed by atoms with Crippen LogP contribution in [0.15, 0.2) is 30.3 Å². The molecule has 2 unspecified atom stereocenters. The molecule has 0 radical (unpaired) electrons. The first kappa shape index (κ1) is 19.7. The van der Waals surface area contributed by atoms with E-state index in [1.807, 2.05) is 42.3 Å². The lowest BCUT2D eigenvalue weighted by atomic mass is 9.75. The van der Waals surface area contributed by atoms with E-state index in [2.05, 4.69) is 5.32 Å². The van der Waals surface area contributed by atoms with E-state index in [1.54, 1.807) is 4.90 Å². The summed E-state index contributed by atoms with van der Waals surface area (Å²) in [4.78, 5) is 28.4. The van der Waals surface area contributed by atoms with Gasteiger partial charge in [0, 0.05) is 39.6 Å². The molecule has 2 aliphatic rings. The minimum absolute atomic E-state index is 0.0455. The quantitative estimate of drug-likeness (QED) is 0.776. The highest BCUT2D eigenvalue weighted by atomic mass is 16.2. The Labute approximate surface area is 163 Å². The van der Waals surface area contributed by atoms with Gasteiger partial charge in [-0.1, -0.05) is 49.6 Å². The molecule has 1 heterocycles. The van der Waals surface area contributed by atoms with E-state index in [0.29, 0.717) is 31.8 Å². The number of hydrogen-bond acceptors (Lipinski definition) is 2. The van der Waals surface area contributed by atoms with E-state index < -0.39 is 0 Å². The van der Waals surface area contributed by atoms with Crippen molar-refractivity contribution in [1.29, 1.82) is 0 Å². The third-order valence-electron chi connectivity index (χ3n) is 6.11. The van der Waals surface area contributed by atoms with E-state index in [-0.39, 0.29) is 11.9 Å². The summed E-state index contributed by atoms with van der Waals surface area (Å²) in [5.74, 6) is 1.66. The lowest BCUT2D eigenvalue weighted by molar-refractivity contribution is -0.130. The maximum absolute atomic E-state index is 12.4. The topological polar surface area (TPSA) is 52.7 Å². The number of urea groups is 1. The van der Waals surface area contributed by atoms with Crippen LogP contribution in [-0.4, -0.2) is 48.4 Å². The first-order valence-corrected chi connectivity index (χ1v) is 10.4. The third kappa shape index (κ3) is 5.72. The summed E-state index contributed by atoms with van der Waals surface area (Å²) in [5, 5.41) is 3.01. The third-order valence-corrected chi connectivity index (χ3v) is 6.11. The Morgan fingerprint density at radius 1 is 1.11 bits per heavy atom. The molecule has 5 heteroatoms. The molecule has 1 aliphatic carbocycles. The van der Waals surface area contributed by atoms with Crippen LogP contribution in [0, 0.1) is 11.8 Å². The molecule has 3 amide bonds. The standard InChI is InChI=1S/C22H33N3O2/c1-24(16-18-8-3-2-4-9-18)21(26)12-7-14-23-22(27)25-15-13-19-10-5-6-11-20(19)17-25/h2-4,8-9,19-20H,5-7,10-17H2,1H3,(H,23,27). The summed E-state index contributed by atoms with van der Waals surface area (Å²) in [6, 6.07) is 10.0. The molecule has 1 aromatic rings. The molecule has 2 fully saturated rings. The number of rotatable bonds is 6. The maximum atomic E-state index is 12.4. The average Bonchev–Trinajstić information content (AvgIpc) is 2.71. The number of piperidine rings is 1. The van der Waals surface area contributed by atoms with E-state index in [9.17, 15) is 9.59 Å². The van der Waals surface area contributed by atoms with Crippen LogP contribution < -0.4 is 5.32 Å². The predicted octanol–water partition coefficient (Wildman–Crippen LogP) is 3.65. The molecule has 1 saturated heterocycles. The first-order valence-electron chi connectivity index (χ1n) is 10.4. The van der Waals surface area contributed by atoms with Crippen LogP contribution in [0.2, 0.25) is 0 Å². The van der Waals surface area contributed by atoms with E-state index in [1.165, 1.54) is 25.7 Å². The monoisotopic (exact) mass is 371 g/mol. The molecule has 148 valence electrons. The second-order valence-corrected chi connectivity index (χ2v) is 8.11. The number of likely N-dealkylation sites (tertiary alicyclic amines) is 1. The van der Waals surface area contributed by atoms with Crippen molar-refractivity contribution in [2.24, 2.45) is 11.8 Å². The zero-order valence-corrected chi connectivity index (χ0v) is 16.5. The fraction of sp³-hybridized carbons (Fsp3) is 0.636. The first-order chi connectivity index (χ1) is 13.1. The predicted molar refractivity (Wildman–Crippen MR) is 107 cm³/mol. The Bertz CT molecular complexity index is 619. The molecule has 5 nitrogen and oxygen atoms in total. The van der Waals surface area contributed by atoms with Crippen molar-refractivity contribution < 1.29 is 9.59 Å². The van der Waals surface area contributed by atoms with Crippen molar-refractivity contribution in [2.45, 2.75) is 51.5 Å². The highest BCUT2D eigenvalue weighted by molar-refractivity contribution is 5.76. The van der Waals surface area contributed by atoms with Gasteiger partial charge in [-0.25, -0.2) is 4.79 Å². The van der Waals surface area contributed by atoms with Crippen LogP contribution >= 0.6 is 0 Å². The SMILES string of the molecule is CN(Cc1ccccc1)C(=O)CCCNC(=O)N1CCC2CCCCC2C1. The van der Waals surface area contributed by atoms with Crippen LogP contribution in [0.5, 0.6) is 0 Å². The fourth-order valence-corrected chi connectivity index (χ4v) is 4.47. The summed E-state index contributed by atoms with van der Waals surface area (Å²) in [6.07, 6.45) is 7.60. The van der Waals surface area contributed by atoms with E-state index in [0.717, 1.165) is 31.0 Å². The molecule has 0 bridgehead atoms. The van der Waals surface area contributed by atoms with Crippen molar-refractivity contribution in [3.8, 4) is 0 Å². The van der Waals surface area contributed by atoms with Crippen LogP contribution in [0.1, 0.15) is 50.5 Å². The normalized spacial score (nSPS) is 22.0. The Morgan fingerprint density at radius 2 is 1.85 bits per heavy atom. The van der Waals surface area contributed by atoms with Crippen LogP contribution in [0.4, 0.5) is 4.79 Å². The minimum Gasteiger partial charge on any atom is -0.341 e. The smallest absolute Gasteiger partial charge is 0.317 e. The van der Waals surface area contributed by atoms with Gasteiger partial charge in [0.2, 0.25) is 5.91 Å². The number of carbonyl (C=O) groups is 2. The highest BCUT2D eigenvalue weighted by Gasteiger charge is 2.32. The lowest BCUT2D eigenvalue weighted by Crippen LogP contribution is -2.48. The van der Waals surface area contributed by atoms with Crippen molar-refractivity contribution in [3.63, 3.8) is 0 Å². The molecule has 0 spiro atoms. The van der Waals surface area contributed by atoms with Crippen LogP contribution in [0.25, 0.3) is 0 Å². The average molecular weight is 372 g/mol. The minimum atomic E-state index is 0.0455. The molecule has 1 saturated carbocycles. The summed E-state index contributed by atoms with van der Waals surface area (Å²) in [6.45, 7) is 2.98. The largest absolute Gasteiger partial charge is 0.341 e. The van der Waals surface area contributed by atoms with Crippen molar-refractivity contribution in [3.05, 3.63) is 35.9 Å². The summed E-state index contributed by atoms with van der Waals surface area (Å²) < 4.78 is 0. The van der Waals surface area contributed by atoms with Gasteiger partial charge < -0.3 is 15.1 Å². The number of nitrogens with one attached hydrogen (secondary N) is 1. The Balaban J connectivity index is 1.32. The summed E-state index contributed by atoms with van der Waals surface area (Å²) in [5.41, 5.74) is 1.13. The van der Waals surface area contributed by atoms with Gasteiger partial charge in [-0.15, -0.1) is 0 Å². The van der Waals surface area contributed by atoms with Crippen LogP contribution in [-0.2, 0) is 11.3 Å². The molecular formula is C22H33N3O2. The number of hydrogen-bond donors (Lipinski definition) is 1. The number of carbonyl (C=O) groups excluding carboxylic acids is 2. The molecule has 2 atom stereocenters.